The van der Waals surface area contributed by atoms with E-state index in [0.29, 0.717) is 31.9 Å². The Morgan fingerprint density at radius 2 is 0.976 bits per heavy atom. The summed E-state index contributed by atoms with van der Waals surface area (Å²) in [7, 11) is 3.25. The number of hydrogen-bond acceptors (Lipinski definition) is 12. The molecule has 0 aliphatic carbocycles. The van der Waals surface area contributed by atoms with Gasteiger partial charge in [0.05, 0.1) is 33.5 Å². The van der Waals surface area contributed by atoms with Crippen molar-refractivity contribution in [3.05, 3.63) is 126 Å². The number of ether oxygens (including phenoxy) is 1. The summed E-state index contributed by atoms with van der Waals surface area (Å²) < 4.78 is 11.7. The van der Waals surface area contributed by atoms with Gasteiger partial charge in [-0.15, -0.1) is 0 Å². The second-order valence-electron chi connectivity index (χ2n) is 23.2. The smallest absolute Gasteiger partial charge is 1.00 e. The van der Waals surface area contributed by atoms with E-state index in [4.69, 9.17) is 79.1 Å². The average molecular weight is 1270 g/mol. The number of hydrogen-bond donors (Lipinski definition) is 1. The van der Waals surface area contributed by atoms with Crippen LogP contribution in [0.1, 0.15) is 124 Å². The Balaban J connectivity index is 0.000000628. The number of anilines is 2. The number of rotatable bonds is 11. The maximum absolute atomic E-state index is 9.82. The number of piperazine rings is 2. The maximum atomic E-state index is 9.82. The minimum Gasteiger partial charge on any atom is 1.00 e. The third-order valence-electron chi connectivity index (χ3n) is 14.2. The predicted molar refractivity (Wildman–Crippen MR) is 342 cm³/mol. The number of nitrogens with one attached hydrogen (secondary N) is 1. The molecule has 4 aliphatic rings. The number of likely N-dealkylation sites (tertiary alicyclic amines) is 1. The first kappa shape index (κ1) is 78.4. The van der Waals surface area contributed by atoms with Crippen molar-refractivity contribution in [2.75, 3.05) is 94.9 Å². The van der Waals surface area contributed by atoms with Crippen molar-refractivity contribution in [1.29, 1.82) is 0 Å². The third-order valence-corrected chi connectivity index (χ3v) is 15.8. The van der Waals surface area contributed by atoms with Crippen LogP contribution in [-0.4, -0.2) is 137 Å². The van der Waals surface area contributed by atoms with Crippen molar-refractivity contribution < 1.29 is 63.7 Å². The molecule has 13 nitrogen and oxygen atoms in total. The number of nitrogens with zero attached hydrogens (tertiary/aromatic N) is 5. The van der Waals surface area contributed by atoms with Crippen LogP contribution in [0.3, 0.4) is 0 Å². The monoisotopic (exact) mass is 1270 g/mol. The average Bonchev–Trinajstić information content (AvgIpc) is 3.47. The molecule has 8 rings (SSSR count). The molecule has 4 aliphatic heterocycles. The van der Waals surface area contributed by atoms with Gasteiger partial charge in [0, 0.05) is 92.7 Å². The quantitative estimate of drug-likeness (QED) is 0.0500. The van der Waals surface area contributed by atoms with Gasteiger partial charge in [-0.2, -0.15) is 6.92 Å². The van der Waals surface area contributed by atoms with Crippen LogP contribution in [-0.2, 0) is 28.6 Å². The van der Waals surface area contributed by atoms with Gasteiger partial charge in [-0.25, -0.2) is 0 Å². The molecular formula is C62H87BCl6N6NaO7. The molecule has 0 aromatic heterocycles. The zero-order chi connectivity index (χ0) is 60.3. The Morgan fingerprint density at radius 1 is 0.602 bits per heavy atom. The number of carbonyl (C=O) groups excluding carboxylic acids is 4. The summed E-state index contributed by atoms with van der Waals surface area (Å²) in [5.41, 5.74) is 5.25. The second-order valence-corrected chi connectivity index (χ2v) is 25.8. The normalized spacial score (nSPS) is 17.9. The Morgan fingerprint density at radius 3 is 1.29 bits per heavy atom. The van der Waals surface area contributed by atoms with E-state index in [1.54, 1.807) is 0 Å². The molecule has 4 saturated heterocycles. The van der Waals surface area contributed by atoms with E-state index < -0.39 is 11.9 Å². The Kier molecular flexibility index (Phi) is 38.5. The van der Waals surface area contributed by atoms with Crippen LogP contribution in [0.15, 0.2) is 84.9 Å². The van der Waals surface area contributed by atoms with Gasteiger partial charge in [-0.05, 0) is 159 Å². The second kappa shape index (κ2) is 40.7. The van der Waals surface area contributed by atoms with E-state index in [0.717, 1.165) is 91.9 Å². The van der Waals surface area contributed by atoms with E-state index in [9.17, 15) is 14.4 Å². The molecule has 3 N–H and O–H groups in total. The first-order valence-corrected chi connectivity index (χ1v) is 30.1. The van der Waals surface area contributed by atoms with E-state index in [1.165, 1.54) is 103 Å². The van der Waals surface area contributed by atoms with Gasteiger partial charge in [0.1, 0.15) is 6.29 Å². The van der Waals surface area contributed by atoms with Gasteiger partial charge in [0.25, 0.3) is 0 Å². The summed E-state index contributed by atoms with van der Waals surface area (Å²) >= 11 is 37.8. The fourth-order valence-corrected chi connectivity index (χ4v) is 11.4. The molecule has 0 amide bonds. The number of piperidine rings is 2. The molecule has 4 aromatic rings. The predicted octanol–water partition coefficient (Wildman–Crippen LogP) is 10.7. The molecule has 453 valence electrons. The van der Waals surface area contributed by atoms with Crippen LogP contribution in [0.5, 0.6) is 0 Å². The first-order chi connectivity index (χ1) is 38.4. The Bertz CT molecular complexity index is 2500. The molecule has 1 radical (unpaired) electrons. The number of benzene rings is 4. The summed E-state index contributed by atoms with van der Waals surface area (Å²) in [5.74, 6) is 0.445. The molecule has 0 spiro atoms. The molecule has 4 heterocycles. The van der Waals surface area contributed by atoms with Crippen LogP contribution >= 0.6 is 69.6 Å². The summed E-state index contributed by atoms with van der Waals surface area (Å²) in [6, 6.07) is 28.6. The topological polar surface area (TPSA) is 154 Å². The van der Waals surface area contributed by atoms with Crippen LogP contribution in [0.25, 0.3) is 0 Å². The zero-order valence-electron chi connectivity index (χ0n) is 50.4. The molecule has 0 saturated carbocycles. The van der Waals surface area contributed by atoms with Gasteiger partial charge < -0.3 is 39.8 Å². The van der Waals surface area contributed by atoms with Gasteiger partial charge in [0.15, 0.2) is 0 Å². The van der Waals surface area contributed by atoms with Gasteiger partial charge >= 0.3 is 53.9 Å². The fraction of sp³-hybridized carbons (Fsp3) is 0.548. The van der Waals surface area contributed by atoms with Gasteiger partial charge in [-0.1, -0.05) is 135 Å². The van der Waals surface area contributed by atoms with Crippen LogP contribution in [0.4, 0.5) is 11.4 Å². The van der Waals surface area contributed by atoms with Crippen molar-refractivity contribution in [3.8, 4) is 0 Å². The van der Waals surface area contributed by atoms with Crippen molar-refractivity contribution >= 4 is 113 Å². The molecule has 2 atom stereocenters. The molecule has 4 aromatic carbocycles. The molecule has 0 bridgehead atoms. The summed E-state index contributed by atoms with van der Waals surface area (Å²) in [6.45, 7) is 31.2. The molecular weight excluding hydrogens is 1190 g/mol. The van der Waals surface area contributed by atoms with Crippen molar-refractivity contribution in [1.82, 2.24) is 20.0 Å². The standard InChI is InChI=1S/C28H38Cl3N3.C22H26Cl3N3.C6H12O.C4H6O3.C2H3O.BO.Na.H2O/c1-28(2,3)12-15-32-13-10-21(11-14-32)19-33-16-17-34(26-9-8-24(30)18-25(26)31)27(20-33)22-4-6-23(29)7-5-22;23-18-3-1-17(2-4-18)22-15-27(14-16-7-9-26-10-8-16)11-12-28(22)21-6-5-19(24)13-20(21)25;1-6(2,3)4-5-7;1-3(5)7-4(2)6;1-2-3;1-2;;/h4-9,18,21,27H,10-17,19-20H2,1-3H3;1-6,13,16,22,26H,7-12,14-15H2;5H,4H2,1-3H3;1-2H3;1H3;;;1H2/q;;;;-1;;+1;. The summed E-state index contributed by atoms with van der Waals surface area (Å²) in [4.78, 5) is 50.9. The minimum absolute atomic E-state index is 0. The van der Waals surface area contributed by atoms with Crippen molar-refractivity contribution in [3.63, 3.8) is 0 Å². The maximum Gasteiger partial charge on any atom is 1.00 e. The van der Waals surface area contributed by atoms with E-state index in [2.05, 4.69) is 93.4 Å². The largest absolute Gasteiger partial charge is 1.00 e. The Labute approximate surface area is 549 Å². The Hall–Kier alpha value is -2.64. The van der Waals surface area contributed by atoms with Crippen molar-refractivity contribution in [2.24, 2.45) is 22.7 Å². The van der Waals surface area contributed by atoms with Gasteiger partial charge in [-0.3, -0.25) is 25.7 Å². The zero-order valence-corrected chi connectivity index (χ0v) is 57.0. The molecule has 21 heteroatoms. The third kappa shape index (κ3) is 30.2. The molecule has 83 heavy (non-hydrogen) atoms. The fourth-order valence-electron chi connectivity index (χ4n) is 10.1. The van der Waals surface area contributed by atoms with Crippen LogP contribution in [0, 0.1) is 22.7 Å². The summed E-state index contributed by atoms with van der Waals surface area (Å²) in [6.07, 6.45) is 9.55. The van der Waals surface area contributed by atoms with Crippen LogP contribution < -0.4 is 44.7 Å². The minimum atomic E-state index is -0.562. The van der Waals surface area contributed by atoms with E-state index in [1.807, 2.05) is 75.4 Å². The number of esters is 2. The summed E-state index contributed by atoms with van der Waals surface area (Å²) in [5, 5.41) is 7.76. The van der Waals surface area contributed by atoms with E-state index >= 15 is 0 Å². The molecule has 2 unspecified atom stereocenters. The number of aldehydes is 1. The van der Waals surface area contributed by atoms with Gasteiger partial charge in [0.2, 0.25) is 0 Å². The first-order valence-electron chi connectivity index (χ1n) is 27.9. The molecule has 4 fully saturated rings. The van der Waals surface area contributed by atoms with Crippen molar-refractivity contribution in [2.45, 2.75) is 113 Å². The number of carbonyl (C=O) groups is 3. The number of halogens is 6. The SMILES string of the molecule is CC(=O)OC(C)=O.CC(C)(C)CC=O.CC(C)(C)CCN1CCC(CN2CCN(c3ccc(Cl)cc3Cl)C(c3ccc(Cl)cc3)C2)CC1.C[C-]=O.Clc1ccc(C2CN(CC3CCNCC3)CCN2c2ccc(Cl)cc2Cl)cc1.O.[B]=O.[Na+]. The van der Waals surface area contributed by atoms with Crippen LogP contribution in [0.2, 0.25) is 30.1 Å². The van der Waals surface area contributed by atoms with E-state index in [-0.39, 0.29) is 52.5 Å².